The predicted molar refractivity (Wildman–Crippen MR) is 117 cm³/mol. The van der Waals surface area contributed by atoms with Crippen LogP contribution in [0.2, 0.25) is 18.1 Å². The van der Waals surface area contributed by atoms with E-state index in [-0.39, 0.29) is 29.9 Å². The van der Waals surface area contributed by atoms with Gasteiger partial charge in [-0.05, 0) is 56.7 Å². The summed E-state index contributed by atoms with van der Waals surface area (Å²) in [4.78, 5) is 11.4. The molecule has 1 atom stereocenters. The van der Waals surface area contributed by atoms with Gasteiger partial charge in [0.1, 0.15) is 0 Å². The average molecular weight is 456 g/mol. The van der Waals surface area contributed by atoms with E-state index in [1.54, 1.807) is 6.07 Å². The van der Waals surface area contributed by atoms with Crippen LogP contribution in [0.25, 0.3) is 0 Å². The number of nitrogens with zero attached hydrogens (tertiary/aromatic N) is 1. The highest BCUT2D eigenvalue weighted by Crippen LogP contribution is 2.41. The van der Waals surface area contributed by atoms with Crippen LogP contribution in [0.15, 0.2) is 10.6 Å². The van der Waals surface area contributed by atoms with Crippen LogP contribution in [0, 0.1) is 17.8 Å². The first kappa shape index (κ1) is 24.6. The molecule has 1 N–H and O–H groups in total. The van der Waals surface area contributed by atoms with Crippen molar-refractivity contribution in [1.82, 2.24) is 5.16 Å². The van der Waals surface area contributed by atoms with Gasteiger partial charge < -0.3 is 14.1 Å². The molecule has 0 radical (unpaired) electrons. The number of hydrogen-bond donors (Lipinski definition) is 1. The summed E-state index contributed by atoms with van der Waals surface area (Å²) in [5, 5.41) is 13.4. The van der Waals surface area contributed by atoms with E-state index in [9.17, 15) is 18.3 Å². The van der Waals surface area contributed by atoms with Gasteiger partial charge in [0.05, 0.1) is 5.69 Å². The maximum atomic E-state index is 11.9. The van der Waals surface area contributed by atoms with Crippen LogP contribution in [-0.2, 0) is 25.5 Å². The molecular formula is C21H33NO6SSi. The lowest BCUT2D eigenvalue weighted by Crippen LogP contribution is -2.47. The van der Waals surface area contributed by atoms with Crippen LogP contribution in [0.3, 0.4) is 0 Å². The number of carbonyl (C=O) groups is 1. The Hall–Kier alpha value is -1.63. The van der Waals surface area contributed by atoms with Crippen molar-refractivity contribution in [1.29, 1.82) is 0 Å². The third kappa shape index (κ3) is 5.53. The summed E-state index contributed by atoms with van der Waals surface area (Å²) < 4.78 is 33.4. The van der Waals surface area contributed by atoms with Crippen LogP contribution in [0.4, 0.5) is 0 Å². The van der Waals surface area contributed by atoms with E-state index in [0.717, 1.165) is 19.1 Å². The summed E-state index contributed by atoms with van der Waals surface area (Å²) in [5.74, 6) is 5.44. The summed E-state index contributed by atoms with van der Waals surface area (Å²) in [6.45, 7) is 12.4. The van der Waals surface area contributed by atoms with E-state index in [2.05, 4.69) is 50.9 Å². The normalized spacial score (nSPS) is 21.8. The number of carboxylic acid groups (broad SMARTS) is 1. The zero-order valence-corrected chi connectivity index (χ0v) is 20.7. The largest absolute Gasteiger partial charge is 0.480 e. The van der Waals surface area contributed by atoms with E-state index in [0.29, 0.717) is 11.5 Å². The van der Waals surface area contributed by atoms with Gasteiger partial charge in [0.2, 0.25) is 5.76 Å². The molecule has 7 nitrogen and oxygen atoms in total. The quantitative estimate of drug-likeness (QED) is 0.494. The molecule has 0 amide bonds. The van der Waals surface area contributed by atoms with Gasteiger partial charge in [-0.15, -0.1) is 0 Å². The van der Waals surface area contributed by atoms with E-state index >= 15 is 0 Å². The van der Waals surface area contributed by atoms with Crippen molar-refractivity contribution in [3.63, 3.8) is 0 Å². The number of hydrogen-bond acceptors (Lipinski definition) is 6. The van der Waals surface area contributed by atoms with Crippen LogP contribution in [-0.4, -0.2) is 50.1 Å². The van der Waals surface area contributed by atoms with Crippen molar-refractivity contribution >= 4 is 24.1 Å². The highest BCUT2D eigenvalue weighted by Gasteiger charge is 2.44. The summed E-state index contributed by atoms with van der Waals surface area (Å²) in [5.41, 5.74) is 0.489. The topological polar surface area (TPSA) is 107 Å². The van der Waals surface area contributed by atoms with Crippen LogP contribution in [0.5, 0.6) is 0 Å². The highest BCUT2D eigenvalue weighted by atomic mass is 32.2. The van der Waals surface area contributed by atoms with Gasteiger partial charge in [0.15, 0.2) is 22.9 Å². The molecule has 2 rings (SSSR count). The molecule has 1 aromatic heterocycles. The minimum atomic E-state index is -3.77. The molecule has 1 aromatic rings. The number of sulfone groups is 1. The minimum absolute atomic E-state index is 0.0876. The third-order valence-electron chi connectivity index (χ3n) is 6.45. The van der Waals surface area contributed by atoms with Crippen molar-refractivity contribution in [3.05, 3.63) is 17.5 Å². The Balaban J connectivity index is 1.90. The molecule has 0 aromatic carbocycles. The maximum Gasteiger partial charge on any atom is 0.324 e. The molecule has 1 heterocycles. The van der Waals surface area contributed by atoms with Crippen molar-refractivity contribution in [2.45, 2.75) is 82.4 Å². The molecule has 0 aliphatic heterocycles. The van der Waals surface area contributed by atoms with E-state index in [1.165, 1.54) is 6.92 Å². The second-order valence-corrected chi connectivity index (χ2v) is 17.1. The predicted octanol–water partition coefficient (Wildman–Crippen LogP) is 3.65. The smallest absolute Gasteiger partial charge is 0.324 e. The molecule has 0 bridgehead atoms. The fraction of sp³-hybridized carbons (Fsp3) is 0.714. The lowest BCUT2D eigenvalue weighted by atomic mass is 9.83. The zero-order chi connectivity index (χ0) is 23.0. The maximum absolute atomic E-state index is 11.9. The second-order valence-electron chi connectivity index (χ2n) is 9.93. The number of carboxylic acids is 1. The van der Waals surface area contributed by atoms with Crippen LogP contribution in [0.1, 0.15) is 58.4 Å². The lowest BCUT2D eigenvalue weighted by Gasteiger charge is -2.43. The molecule has 1 fully saturated rings. The molecule has 1 saturated carbocycles. The summed E-state index contributed by atoms with van der Waals surface area (Å²) >= 11 is 0. The van der Waals surface area contributed by atoms with E-state index in [1.807, 2.05) is 0 Å². The van der Waals surface area contributed by atoms with Gasteiger partial charge in [-0.25, -0.2) is 8.42 Å². The number of aromatic nitrogens is 1. The van der Waals surface area contributed by atoms with Crippen molar-refractivity contribution < 1.29 is 27.3 Å². The van der Waals surface area contributed by atoms with Crippen LogP contribution >= 0.6 is 0 Å². The van der Waals surface area contributed by atoms with Gasteiger partial charge >= 0.3 is 5.97 Å². The Kier molecular flexibility index (Phi) is 6.96. The number of aryl methyl sites for hydroxylation is 1. The van der Waals surface area contributed by atoms with E-state index in [4.69, 9.17) is 8.95 Å². The average Bonchev–Trinajstić information content (AvgIpc) is 3.00. The Labute approximate surface area is 180 Å². The fourth-order valence-corrected chi connectivity index (χ4v) is 5.02. The Morgan fingerprint density at radius 2 is 1.93 bits per heavy atom. The lowest BCUT2D eigenvalue weighted by molar-refractivity contribution is -0.139. The molecule has 1 aliphatic carbocycles. The first-order valence-corrected chi connectivity index (χ1v) is 14.9. The first-order chi connectivity index (χ1) is 13.5. The molecule has 0 unspecified atom stereocenters. The SMILES string of the molecule is CC(C)(C)[Si](C)(C)OC1CC(C#Cc2cc(CC[C@](C)(C(=O)O)S(C)(=O)=O)no2)C1. The van der Waals surface area contributed by atoms with Gasteiger partial charge in [0.25, 0.3) is 0 Å². The highest BCUT2D eigenvalue weighted by molar-refractivity contribution is 7.92. The monoisotopic (exact) mass is 455 g/mol. The molecule has 1 aliphatic rings. The third-order valence-corrected chi connectivity index (χ3v) is 13.0. The zero-order valence-electron chi connectivity index (χ0n) is 18.9. The molecular weight excluding hydrogens is 422 g/mol. The van der Waals surface area contributed by atoms with Gasteiger partial charge in [-0.3, -0.25) is 4.79 Å². The second kappa shape index (κ2) is 8.48. The summed E-state index contributed by atoms with van der Waals surface area (Å²) in [6.07, 6.45) is 3.10. The number of aliphatic carboxylic acids is 1. The van der Waals surface area contributed by atoms with E-state index < -0.39 is 28.9 Å². The van der Waals surface area contributed by atoms with Crippen molar-refractivity contribution in [2.24, 2.45) is 5.92 Å². The Bertz CT molecular complexity index is 944. The molecule has 9 heteroatoms. The van der Waals surface area contributed by atoms with Gasteiger partial charge in [0, 0.05) is 24.3 Å². The first-order valence-electron chi connectivity index (χ1n) is 10.1. The Morgan fingerprint density at radius 3 is 2.43 bits per heavy atom. The number of rotatable bonds is 7. The van der Waals surface area contributed by atoms with Gasteiger partial charge in [-0.2, -0.15) is 0 Å². The molecule has 168 valence electrons. The summed E-state index contributed by atoms with van der Waals surface area (Å²) in [6, 6.07) is 1.64. The fourth-order valence-electron chi connectivity index (χ4n) is 2.85. The standard InChI is InChI=1S/C21H33NO6SSi/c1-20(2,3)30(6,7)28-18-12-15(13-18)8-9-17-14-16(22-27-17)10-11-21(4,19(23)24)29(5,25)26/h14-15,18H,10-13H2,1-7H3,(H,23,24)/t15?,18?,21-/m1/s1. The Morgan fingerprint density at radius 1 is 1.33 bits per heavy atom. The molecule has 30 heavy (non-hydrogen) atoms. The van der Waals surface area contributed by atoms with Crippen molar-refractivity contribution in [3.8, 4) is 11.8 Å². The van der Waals surface area contributed by atoms with Crippen LogP contribution < -0.4 is 0 Å². The van der Waals surface area contributed by atoms with Crippen molar-refractivity contribution in [2.75, 3.05) is 6.26 Å². The van der Waals surface area contributed by atoms with Gasteiger partial charge in [-0.1, -0.05) is 31.8 Å². The minimum Gasteiger partial charge on any atom is -0.480 e. The summed E-state index contributed by atoms with van der Waals surface area (Å²) in [7, 11) is -5.53. The molecule has 0 spiro atoms. The molecule has 0 saturated heterocycles.